The number of aryl methyl sites for hydroxylation is 2. The highest BCUT2D eigenvalue weighted by molar-refractivity contribution is 6.00. The lowest BCUT2D eigenvalue weighted by Crippen LogP contribution is -2.45. The summed E-state index contributed by atoms with van der Waals surface area (Å²) in [6.07, 6.45) is 3.77. The van der Waals surface area contributed by atoms with Crippen molar-refractivity contribution < 1.29 is 4.79 Å². The second-order valence-electron chi connectivity index (χ2n) is 7.64. The predicted octanol–water partition coefficient (Wildman–Crippen LogP) is 4.14. The number of para-hydroxylation sites is 1. The maximum Gasteiger partial charge on any atom is 0.257 e. The Labute approximate surface area is 177 Å². The minimum atomic E-state index is 0. The number of hydrogen-bond acceptors (Lipinski definition) is 3. The van der Waals surface area contributed by atoms with E-state index in [1.807, 2.05) is 41.4 Å². The summed E-state index contributed by atoms with van der Waals surface area (Å²) in [5.74, 6) is 0.00676. The van der Waals surface area contributed by atoms with E-state index in [-0.39, 0.29) is 24.4 Å². The summed E-state index contributed by atoms with van der Waals surface area (Å²) in [5, 5.41) is 4.81. The SMILES string of the molecule is Cc1ccc(-c2nn(-c3ccccc3)cc2C(=O)N2CCCC(N)C2)c(C)c1.Cl. The third kappa shape index (κ3) is 4.36. The molecule has 1 aliphatic rings. The molecule has 1 aromatic heterocycles. The van der Waals surface area contributed by atoms with Crippen LogP contribution < -0.4 is 5.73 Å². The molecule has 2 N–H and O–H groups in total. The van der Waals surface area contributed by atoms with E-state index in [1.54, 1.807) is 4.68 Å². The number of hydrogen-bond donors (Lipinski definition) is 1. The Morgan fingerprint density at radius 1 is 1.14 bits per heavy atom. The van der Waals surface area contributed by atoms with Gasteiger partial charge in [0.15, 0.2) is 0 Å². The van der Waals surface area contributed by atoms with Gasteiger partial charge in [0, 0.05) is 30.9 Å². The molecule has 1 fully saturated rings. The molecule has 152 valence electrons. The lowest BCUT2D eigenvalue weighted by molar-refractivity contribution is 0.0709. The standard InChI is InChI=1S/C23H26N4O.ClH/c1-16-10-11-20(17(2)13-16)22-21(23(28)26-12-6-7-18(24)14-26)15-27(25-22)19-8-4-3-5-9-19;/h3-5,8-11,13,15,18H,6-7,12,14,24H2,1-2H3;1H. The minimum Gasteiger partial charge on any atom is -0.337 e. The fourth-order valence-electron chi connectivity index (χ4n) is 3.89. The molecular weight excluding hydrogens is 384 g/mol. The largest absolute Gasteiger partial charge is 0.337 e. The van der Waals surface area contributed by atoms with E-state index in [1.165, 1.54) is 5.56 Å². The van der Waals surface area contributed by atoms with Gasteiger partial charge in [0.25, 0.3) is 5.91 Å². The fraction of sp³-hybridized carbons (Fsp3) is 0.304. The fourth-order valence-corrected chi connectivity index (χ4v) is 3.89. The van der Waals surface area contributed by atoms with Crippen LogP contribution in [0.3, 0.4) is 0 Å². The molecule has 1 saturated heterocycles. The second kappa shape index (κ2) is 8.80. The third-order valence-electron chi connectivity index (χ3n) is 5.35. The van der Waals surface area contributed by atoms with Crippen molar-refractivity contribution >= 4 is 18.3 Å². The van der Waals surface area contributed by atoms with Crippen LogP contribution in [0.1, 0.15) is 34.3 Å². The number of rotatable bonds is 3. The highest BCUT2D eigenvalue weighted by Gasteiger charge is 2.27. The zero-order valence-electron chi connectivity index (χ0n) is 16.8. The summed E-state index contributed by atoms with van der Waals surface area (Å²) in [5.41, 5.74) is 11.7. The van der Waals surface area contributed by atoms with Crippen LogP contribution in [0.25, 0.3) is 16.9 Å². The summed E-state index contributed by atoms with van der Waals surface area (Å²) in [7, 11) is 0. The average Bonchev–Trinajstić information content (AvgIpc) is 3.13. The first-order chi connectivity index (χ1) is 13.5. The van der Waals surface area contributed by atoms with Crippen molar-refractivity contribution in [3.05, 3.63) is 71.4 Å². The zero-order chi connectivity index (χ0) is 19.7. The van der Waals surface area contributed by atoms with Crippen LogP contribution in [0.5, 0.6) is 0 Å². The zero-order valence-corrected chi connectivity index (χ0v) is 17.7. The first-order valence-corrected chi connectivity index (χ1v) is 9.80. The maximum absolute atomic E-state index is 13.4. The molecule has 2 heterocycles. The number of halogens is 1. The molecule has 0 radical (unpaired) electrons. The highest BCUT2D eigenvalue weighted by atomic mass is 35.5. The number of aromatic nitrogens is 2. The number of piperidine rings is 1. The van der Waals surface area contributed by atoms with Gasteiger partial charge in [-0.3, -0.25) is 4.79 Å². The number of nitrogens with two attached hydrogens (primary N) is 1. The summed E-state index contributed by atoms with van der Waals surface area (Å²) in [4.78, 5) is 15.2. The molecule has 0 spiro atoms. The summed E-state index contributed by atoms with van der Waals surface area (Å²) in [6.45, 7) is 5.48. The molecule has 5 nitrogen and oxygen atoms in total. The molecular formula is C23H27ClN4O. The number of amides is 1. The van der Waals surface area contributed by atoms with Gasteiger partial charge in [0.2, 0.25) is 0 Å². The Bertz CT molecular complexity index is 999. The van der Waals surface area contributed by atoms with Crippen molar-refractivity contribution in [3.8, 4) is 16.9 Å². The van der Waals surface area contributed by atoms with Gasteiger partial charge >= 0.3 is 0 Å². The van der Waals surface area contributed by atoms with Crippen LogP contribution in [-0.2, 0) is 0 Å². The maximum atomic E-state index is 13.4. The van der Waals surface area contributed by atoms with Gasteiger partial charge in [-0.15, -0.1) is 12.4 Å². The van der Waals surface area contributed by atoms with Crippen LogP contribution in [0.4, 0.5) is 0 Å². The van der Waals surface area contributed by atoms with E-state index in [9.17, 15) is 4.79 Å². The molecule has 29 heavy (non-hydrogen) atoms. The molecule has 1 unspecified atom stereocenters. The number of carbonyl (C=O) groups excluding carboxylic acids is 1. The van der Waals surface area contributed by atoms with Crippen molar-refractivity contribution in [1.82, 2.24) is 14.7 Å². The van der Waals surface area contributed by atoms with Gasteiger partial charge in [-0.1, -0.05) is 42.0 Å². The number of likely N-dealkylation sites (tertiary alicyclic amines) is 1. The molecule has 1 aliphatic heterocycles. The molecule has 3 aromatic rings. The Morgan fingerprint density at radius 3 is 2.59 bits per heavy atom. The monoisotopic (exact) mass is 410 g/mol. The normalized spacial score (nSPS) is 16.4. The van der Waals surface area contributed by atoms with Crippen molar-refractivity contribution in [2.24, 2.45) is 5.73 Å². The van der Waals surface area contributed by atoms with Crippen molar-refractivity contribution in [2.75, 3.05) is 13.1 Å². The predicted molar refractivity (Wildman–Crippen MR) is 119 cm³/mol. The number of carbonyl (C=O) groups is 1. The van der Waals surface area contributed by atoms with E-state index in [0.29, 0.717) is 12.1 Å². The summed E-state index contributed by atoms with van der Waals surface area (Å²) >= 11 is 0. The molecule has 0 bridgehead atoms. The second-order valence-corrected chi connectivity index (χ2v) is 7.64. The quantitative estimate of drug-likeness (QED) is 0.705. The lowest BCUT2D eigenvalue weighted by atomic mass is 9.99. The summed E-state index contributed by atoms with van der Waals surface area (Å²) < 4.78 is 1.80. The van der Waals surface area contributed by atoms with Gasteiger partial charge in [-0.05, 0) is 44.4 Å². The molecule has 6 heteroatoms. The minimum absolute atomic E-state index is 0. The Kier molecular flexibility index (Phi) is 6.40. The lowest BCUT2D eigenvalue weighted by Gasteiger charge is -2.30. The molecule has 1 atom stereocenters. The Balaban J connectivity index is 0.00000240. The first-order valence-electron chi connectivity index (χ1n) is 9.80. The van der Waals surface area contributed by atoms with Crippen molar-refractivity contribution in [2.45, 2.75) is 32.7 Å². The van der Waals surface area contributed by atoms with Crippen LogP contribution in [-0.4, -0.2) is 39.7 Å². The van der Waals surface area contributed by atoms with E-state index in [2.05, 4.69) is 32.0 Å². The number of nitrogens with zero attached hydrogens (tertiary/aromatic N) is 3. The molecule has 2 aromatic carbocycles. The first kappa shape index (κ1) is 21.1. The van der Waals surface area contributed by atoms with Gasteiger partial charge in [0.1, 0.15) is 5.69 Å². The molecule has 4 rings (SSSR count). The van der Waals surface area contributed by atoms with E-state index >= 15 is 0 Å². The van der Waals surface area contributed by atoms with Crippen molar-refractivity contribution in [1.29, 1.82) is 0 Å². The average molecular weight is 411 g/mol. The van der Waals surface area contributed by atoms with Crippen LogP contribution >= 0.6 is 12.4 Å². The Hall–Kier alpha value is -2.63. The van der Waals surface area contributed by atoms with E-state index < -0.39 is 0 Å². The Morgan fingerprint density at radius 2 is 1.90 bits per heavy atom. The van der Waals surface area contributed by atoms with Crippen LogP contribution in [0, 0.1) is 13.8 Å². The van der Waals surface area contributed by atoms with Gasteiger partial charge in [-0.2, -0.15) is 5.10 Å². The molecule has 1 amide bonds. The molecule has 0 aliphatic carbocycles. The van der Waals surface area contributed by atoms with Gasteiger partial charge in [0.05, 0.1) is 11.3 Å². The van der Waals surface area contributed by atoms with Gasteiger partial charge in [-0.25, -0.2) is 4.68 Å². The van der Waals surface area contributed by atoms with E-state index in [4.69, 9.17) is 10.8 Å². The molecule has 0 saturated carbocycles. The smallest absolute Gasteiger partial charge is 0.257 e. The van der Waals surface area contributed by atoms with Crippen LogP contribution in [0.15, 0.2) is 54.7 Å². The topological polar surface area (TPSA) is 64.2 Å². The van der Waals surface area contributed by atoms with Crippen molar-refractivity contribution in [3.63, 3.8) is 0 Å². The van der Waals surface area contributed by atoms with E-state index in [0.717, 1.165) is 41.9 Å². The third-order valence-corrected chi connectivity index (χ3v) is 5.35. The number of benzene rings is 2. The van der Waals surface area contributed by atoms with Crippen LogP contribution in [0.2, 0.25) is 0 Å². The van der Waals surface area contributed by atoms with Gasteiger partial charge < -0.3 is 10.6 Å². The summed E-state index contributed by atoms with van der Waals surface area (Å²) in [6, 6.07) is 16.2. The highest BCUT2D eigenvalue weighted by Crippen LogP contribution is 2.29.